The number of carboxylic acids is 2. The number of nitrogens with one attached hydrogen (secondary N) is 1. The van der Waals surface area contributed by atoms with Crippen LogP contribution >= 0.6 is 34.7 Å². The number of nitrogens with two attached hydrogens (primary N) is 2. The number of aromatic hydroxyl groups is 1. The van der Waals surface area contributed by atoms with Crippen molar-refractivity contribution in [2.45, 2.75) is 43.7 Å². The summed E-state index contributed by atoms with van der Waals surface area (Å²) in [7, 11) is 1.41. The Bertz CT molecular complexity index is 1840. The molecule has 0 bridgehead atoms. The zero-order valence-corrected chi connectivity index (χ0v) is 30.3. The van der Waals surface area contributed by atoms with Crippen molar-refractivity contribution < 1.29 is 48.6 Å². The molecule has 8 N–H and O–H groups in total. The van der Waals surface area contributed by atoms with Crippen molar-refractivity contribution in [3.63, 3.8) is 0 Å². The predicted molar refractivity (Wildman–Crippen MR) is 190 cm³/mol. The highest BCUT2D eigenvalue weighted by molar-refractivity contribution is 8.00. The first-order valence-electron chi connectivity index (χ1n) is 15.7. The summed E-state index contributed by atoms with van der Waals surface area (Å²) in [6, 6.07) is 2.05. The molecule has 51 heavy (non-hydrogen) atoms. The number of carbonyl (C=O) groups is 4. The van der Waals surface area contributed by atoms with Gasteiger partial charge in [-0.15, -0.1) is 23.1 Å². The average molecular weight is 766 g/mol. The van der Waals surface area contributed by atoms with Crippen LogP contribution < -0.4 is 21.5 Å². The number of rotatable bonds is 14. The van der Waals surface area contributed by atoms with Gasteiger partial charge in [-0.3, -0.25) is 19.5 Å². The largest absolute Gasteiger partial charge is 0.503 e. The number of β-lactam (4-membered cyclic amide) rings is 1. The van der Waals surface area contributed by atoms with Gasteiger partial charge >= 0.3 is 11.9 Å². The number of phenolic OH excluding ortho intramolecular Hbond substituents is 1. The molecule has 0 saturated carbocycles. The van der Waals surface area contributed by atoms with E-state index in [0.717, 1.165) is 37.3 Å². The van der Waals surface area contributed by atoms with Crippen LogP contribution in [0.15, 0.2) is 38.9 Å². The molecule has 4 heterocycles. The van der Waals surface area contributed by atoms with Gasteiger partial charge in [0.2, 0.25) is 5.60 Å². The standard InChI is InChI=1S/C31H37ClN8O9S2/c1-31(2,29(46)47)49-38-20(17-14-51-30(34)36-17)25(42)37-21-26(43)39-22(28(44)45)15(13-50-27(21)39)12-40(9-4-5-10-40)11-8-35-24(33)16-6-7-18(48-3)23(41)19(16)32/h6-7,14,21,27H,4-5,8-13H2,1-3H3,(H7-,33,34,35,36,37,41,42,44,45,46,47)/p+1/b38-20-/t21-,27-/m1/s1. The molecule has 2 amide bonds. The molecule has 20 heteroatoms. The lowest BCUT2D eigenvalue weighted by molar-refractivity contribution is -0.910. The minimum Gasteiger partial charge on any atom is -0.503 e. The smallest absolute Gasteiger partial charge is 0.352 e. The van der Waals surface area contributed by atoms with Crippen molar-refractivity contribution in [3.05, 3.63) is 45.1 Å². The number of aliphatic imine (C=N–C) groups is 1. The molecule has 2 fully saturated rings. The lowest BCUT2D eigenvalue weighted by Gasteiger charge is -2.50. The second-order valence-electron chi connectivity index (χ2n) is 12.7. The number of hydrogen-bond donors (Lipinski definition) is 6. The summed E-state index contributed by atoms with van der Waals surface area (Å²) in [6.45, 7) is 5.27. The number of likely N-dealkylation sites (tertiary alicyclic amines) is 1. The number of carboxylic acid groups (broad SMARTS) is 2. The second-order valence-corrected chi connectivity index (χ2v) is 15.0. The lowest BCUT2D eigenvalue weighted by atomic mass is 10.0. The molecular formula is C31H38ClN8O9S2+. The van der Waals surface area contributed by atoms with Crippen LogP contribution in [0.4, 0.5) is 5.13 Å². The number of benzene rings is 1. The summed E-state index contributed by atoms with van der Waals surface area (Å²) < 4.78 is 5.62. The first kappa shape index (κ1) is 37.7. The first-order valence-corrected chi connectivity index (χ1v) is 18.0. The number of methoxy groups -OCH3 is 1. The Morgan fingerprint density at radius 3 is 2.55 bits per heavy atom. The van der Waals surface area contributed by atoms with Crippen molar-refractivity contribution in [1.29, 1.82) is 0 Å². The highest BCUT2D eigenvalue weighted by Crippen LogP contribution is 2.42. The number of thiazole rings is 1. The molecule has 2 aromatic rings. The molecule has 0 aliphatic carbocycles. The fourth-order valence-corrected chi connectivity index (χ4v) is 8.20. The fraction of sp³-hybridized carbons (Fsp3) is 0.452. The van der Waals surface area contributed by atoms with Gasteiger partial charge < -0.3 is 46.2 Å². The minimum atomic E-state index is -1.78. The van der Waals surface area contributed by atoms with E-state index in [9.17, 15) is 34.5 Å². The Balaban J connectivity index is 1.32. The molecule has 5 rings (SSSR count). The van der Waals surface area contributed by atoms with Gasteiger partial charge in [-0.05, 0) is 26.0 Å². The van der Waals surface area contributed by atoms with E-state index in [1.54, 1.807) is 6.07 Å². The molecule has 17 nitrogen and oxygen atoms in total. The highest BCUT2D eigenvalue weighted by Gasteiger charge is 2.55. The van der Waals surface area contributed by atoms with E-state index < -0.39 is 46.5 Å². The molecule has 3 aliphatic rings. The van der Waals surface area contributed by atoms with E-state index in [1.165, 1.54) is 49.1 Å². The van der Waals surface area contributed by atoms with Gasteiger partial charge in [-0.1, -0.05) is 16.8 Å². The Labute approximate surface area is 305 Å². The summed E-state index contributed by atoms with van der Waals surface area (Å²) in [4.78, 5) is 66.0. The normalized spacial score (nSPS) is 20.5. The summed E-state index contributed by atoms with van der Waals surface area (Å²) in [5.41, 5.74) is 10.6. The third kappa shape index (κ3) is 7.70. The zero-order chi connectivity index (χ0) is 37.2. The van der Waals surface area contributed by atoms with Crippen molar-refractivity contribution in [2.75, 3.05) is 51.3 Å². The van der Waals surface area contributed by atoms with Crippen LogP contribution in [0, 0.1) is 0 Å². The van der Waals surface area contributed by atoms with Gasteiger partial charge in [0.15, 0.2) is 22.3 Å². The molecule has 0 unspecified atom stereocenters. The van der Waals surface area contributed by atoms with Crippen LogP contribution in [-0.4, -0.2) is 128 Å². The van der Waals surface area contributed by atoms with E-state index in [1.807, 2.05) is 0 Å². The molecule has 274 valence electrons. The number of quaternary nitrogens is 1. The molecule has 2 atom stereocenters. The van der Waals surface area contributed by atoms with Crippen LogP contribution in [0.2, 0.25) is 5.02 Å². The van der Waals surface area contributed by atoms with Crippen molar-refractivity contribution in [2.24, 2.45) is 15.9 Å². The quantitative estimate of drug-likeness (QED) is 0.0524. The first-order chi connectivity index (χ1) is 24.1. The van der Waals surface area contributed by atoms with Crippen molar-refractivity contribution in [3.8, 4) is 11.5 Å². The van der Waals surface area contributed by atoms with Crippen molar-refractivity contribution >= 4 is 75.1 Å². The van der Waals surface area contributed by atoms with E-state index in [2.05, 4.69) is 20.4 Å². The molecule has 0 radical (unpaired) electrons. The Morgan fingerprint density at radius 1 is 1.24 bits per heavy atom. The monoisotopic (exact) mass is 765 g/mol. The van der Waals surface area contributed by atoms with E-state index in [-0.39, 0.29) is 38.9 Å². The molecule has 1 aromatic carbocycles. The number of nitrogens with zero attached hydrogens (tertiary/aromatic N) is 5. The number of amidine groups is 1. The number of aliphatic carboxylic acids is 2. The number of oxime groups is 1. The summed E-state index contributed by atoms with van der Waals surface area (Å²) in [6.07, 6.45) is 1.86. The Kier molecular flexibility index (Phi) is 11.0. The van der Waals surface area contributed by atoms with Gasteiger partial charge in [-0.2, -0.15) is 0 Å². The summed E-state index contributed by atoms with van der Waals surface area (Å²) in [5, 5.41) is 37.2. The number of carbonyl (C=O) groups excluding carboxylic acids is 2. The second kappa shape index (κ2) is 14.9. The van der Waals surface area contributed by atoms with E-state index in [0.29, 0.717) is 41.0 Å². The summed E-state index contributed by atoms with van der Waals surface area (Å²) in [5.74, 6) is -3.68. The number of aromatic nitrogens is 1. The number of amides is 2. The molecular weight excluding hydrogens is 728 g/mol. The number of nitrogen functional groups attached to an aromatic ring is 1. The van der Waals surface area contributed by atoms with Gasteiger partial charge in [0.1, 0.15) is 35.2 Å². The van der Waals surface area contributed by atoms with E-state index in [4.69, 9.17) is 32.6 Å². The molecule has 3 aliphatic heterocycles. The van der Waals surface area contributed by atoms with Crippen LogP contribution in [0.3, 0.4) is 0 Å². The van der Waals surface area contributed by atoms with Gasteiger partial charge in [0.25, 0.3) is 11.8 Å². The lowest BCUT2D eigenvalue weighted by Crippen LogP contribution is -2.71. The zero-order valence-electron chi connectivity index (χ0n) is 27.9. The number of phenols is 1. The van der Waals surface area contributed by atoms with Gasteiger partial charge in [0.05, 0.1) is 38.3 Å². The minimum absolute atomic E-state index is 0.0143. The highest BCUT2D eigenvalue weighted by atomic mass is 35.5. The Hall–Kier alpha value is -4.59. The maximum absolute atomic E-state index is 13.5. The van der Waals surface area contributed by atoms with E-state index >= 15 is 0 Å². The Morgan fingerprint density at radius 2 is 1.94 bits per heavy atom. The maximum atomic E-state index is 13.5. The average Bonchev–Trinajstić information content (AvgIpc) is 3.73. The topological polar surface area (TPSA) is 252 Å². The summed E-state index contributed by atoms with van der Waals surface area (Å²) >= 11 is 8.64. The van der Waals surface area contributed by atoms with Crippen LogP contribution in [-0.2, 0) is 24.0 Å². The molecule has 0 spiro atoms. The van der Waals surface area contributed by atoms with Gasteiger partial charge in [0, 0.05) is 35.1 Å². The SMILES string of the molecule is COc1ccc(C(N)=NCC[N+]2(CC3=C(C(=O)O)N4C(=O)[C@@H](NC(=O)/C(=N\OC(C)(C)C(=O)O)c5csc(N)n5)[C@H]4SC3)CCCC2)c(Cl)c1O. The third-order valence-electron chi connectivity index (χ3n) is 8.87. The predicted octanol–water partition coefficient (Wildman–Crippen LogP) is 1.43. The van der Waals surface area contributed by atoms with Gasteiger partial charge in [-0.25, -0.2) is 14.6 Å². The van der Waals surface area contributed by atoms with Crippen LogP contribution in [0.5, 0.6) is 11.5 Å². The number of fused-ring (bicyclic) bond motifs is 1. The number of ether oxygens (including phenoxy) is 1. The van der Waals surface area contributed by atoms with Crippen molar-refractivity contribution in [1.82, 2.24) is 15.2 Å². The maximum Gasteiger partial charge on any atom is 0.352 e. The van der Waals surface area contributed by atoms with Crippen LogP contribution in [0.25, 0.3) is 0 Å². The molecule has 1 aromatic heterocycles. The number of halogens is 1. The third-order valence-corrected chi connectivity index (χ3v) is 11.3. The van der Waals surface area contributed by atoms with Crippen LogP contribution in [0.1, 0.15) is 37.9 Å². The number of thioether (sulfide) groups is 1. The molecule has 2 saturated heterocycles. The fourth-order valence-electron chi connectivity index (χ4n) is 6.06. The number of hydrogen-bond acceptors (Lipinski definition) is 13. The number of anilines is 1.